The summed E-state index contributed by atoms with van der Waals surface area (Å²) in [5.74, 6) is 0.343. The highest BCUT2D eigenvalue weighted by Gasteiger charge is 2.32. The number of aliphatic hydroxyl groups excluding tert-OH is 2. The maximum atomic E-state index is 12.6. The largest absolute Gasteiger partial charge is 0.416 e. The molecule has 0 saturated carbocycles. The van der Waals surface area contributed by atoms with Crippen LogP contribution in [-0.4, -0.2) is 22.1 Å². The second kappa shape index (κ2) is 5.95. The molecule has 0 saturated heterocycles. The second-order valence-electron chi connectivity index (χ2n) is 4.15. The van der Waals surface area contributed by atoms with Gasteiger partial charge in [0.2, 0.25) is 0 Å². The van der Waals surface area contributed by atoms with E-state index in [4.69, 9.17) is 0 Å². The molecule has 0 radical (unpaired) electrons. The molecule has 0 spiro atoms. The van der Waals surface area contributed by atoms with Gasteiger partial charge in [-0.3, -0.25) is 0 Å². The summed E-state index contributed by atoms with van der Waals surface area (Å²) in [6.45, 7) is 1.51. The molecule has 0 amide bonds. The number of hydrogen-bond donors (Lipinski definition) is 3. The number of thiol groups is 1. The normalized spacial score (nSPS) is 15.5. The third kappa shape index (κ3) is 3.90. The van der Waals surface area contributed by atoms with Crippen LogP contribution in [0.4, 0.5) is 13.2 Å². The lowest BCUT2D eigenvalue weighted by molar-refractivity contribution is -0.137. The molecule has 6 heteroatoms. The number of benzene rings is 1. The summed E-state index contributed by atoms with van der Waals surface area (Å²) in [6, 6.07) is 3.29. The molecular formula is C12H15F3O2S. The Labute approximate surface area is 109 Å². The molecule has 0 aliphatic rings. The van der Waals surface area contributed by atoms with E-state index >= 15 is 0 Å². The van der Waals surface area contributed by atoms with Crippen molar-refractivity contribution in [1.82, 2.24) is 0 Å². The van der Waals surface area contributed by atoms with Crippen molar-refractivity contribution >= 4 is 12.6 Å². The fraction of sp³-hybridized carbons (Fsp3) is 0.500. The number of halogens is 3. The van der Waals surface area contributed by atoms with Gasteiger partial charge in [-0.15, -0.1) is 0 Å². The molecule has 2 atom stereocenters. The molecular weight excluding hydrogens is 265 g/mol. The monoisotopic (exact) mass is 280 g/mol. The Morgan fingerprint density at radius 3 is 2.33 bits per heavy atom. The van der Waals surface area contributed by atoms with E-state index in [1.165, 1.54) is 13.0 Å². The van der Waals surface area contributed by atoms with Crippen LogP contribution in [0, 0.1) is 6.92 Å². The van der Waals surface area contributed by atoms with Gasteiger partial charge in [-0.05, 0) is 36.8 Å². The summed E-state index contributed by atoms with van der Waals surface area (Å²) in [7, 11) is 0. The molecule has 1 aromatic carbocycles. The zero-order valence-electron chi connectivity index (χ0n) is 9.78. The zero-order valence-corrected chi connectivity index (χ0v) is 10.7. The Balaban J connectivity index is 3.06. The van der Waals surface area contributed by atoms with Crippen molar-refractivity contribution in [3.63, 3.8) is 0 Å². The van der Waals surface area contributed by atoms with Crippen LogP contribution < -0.4 is 0 Å². The number of aliphatic hydroxyl groups is 2. The highest BCUT2D eigenvalue weighted by molar-refractivity contribution is 7.80. The predicted octanol–water partition coefficient (Wildman–Crippen LogP) is 2.73. The first-order valence-corrected chi connectivity index (χ1v) is 6.04. The highest BCUT2D eigenvalue weighted by Crippen LogP contribution is 2.32. The fourth-order valence-electron chi connectivity index (χ4n) is 1.66. The van der Waals surface area contributed by atoms with E-state index in [-0.39, 0.29) is 12.0 Å². The molecule has 2 unspecified atom stereocenters. The quantitative estimate of drug-likeness (QED) is 0.742. The summed E-state index contributed by atoms with van der Waals surface area (Å²) < 4.78 is 37.8. The summed E-state index contributed by atoms with van der Waals surface area (Å²) in [6.07, 6.45) is -6.71. The first-order chi connectivity index (χ1) is 8.25. The number of aryl methyl sites for hydroxylation is 1. The van der Waals surface area contributed by atoms with Gasteiger partial charge in [0, 0.05) is 0 Å². The Kier molecular flexibility index (Phi) is 5.07. The molecule has 0 aliphatic carbocycles. The van der Waals surface area contributed by atoms with E-state index in [9.17, 15) is 23.4 Å². The van der Waals surface area contributed by atoms with Gasteiger partial charge in [-0.25, -0.2) is 0 Å². The molecule has 0 bridgehead atoms. The van der Waals surface area contributed by atoms with Gasteiger partial charge >= 0.3 is 6.18 Å². The Bertz CT molecular complexity index is 407. The second-order valence-corrected chi connectivity index (χ2v) is 4.60. The van der Waals surface area contributed by atoms with Gasteiger partial charge in [0.1, 0.15) is 6.10 Å². The van der Waals surface area contributed by atoms with Crippen LogP contribution in [0.15, 0.2) is 18.2 Å². The molecule has 2 N–H and O–H groups in total. The first kappa shape index (κ1) is 15.3. The van der Waals surface area contributed by atoms with E-state index in [1.807, 2.05) is 0 Å². The van der Waals surface area contributed by atoms with E-state index in [2.05, 4.69) is 12.6 Å². The van der Waals surface area contributed by atoms with Crippen molar-refractivity contribution in [2.75, 3.05) is 5.75 Å². The van der Waals surface area contributed by atoms with Crippen LogP contribution in [-0.2, 0) is 6.18 Å². The number of alkyl halides is 3. The summed E-state index contributed by atoms with van der Waals surface area (Å²) in [4.78, 5) is 0. The van der Waals surface area contributed by atoms with Crippen molar-refractivity contribution in [2.24, 2.45) is 0 Å². The van der Waals surface area contributed by atoms with Gasteiger partial charge in [-0.2, -0.15) is 25.8 Å². The number of rotatable bonds is 4. The minimum atomic E-state index is -4.46. The van der Waals surface area contributed by atoms with Crippen LogP contribution in [0.2, 0.25) is 0 Å². The number of hydrogen-bond acceptors (Lipinski definition) is 3. The van der Waals surface area contributed by atoms with Crippen LogP contribution in [0.25, 0.3) is 0 Å². The Morgan fingerprint density at radius 1 is 1.22 bits per heavy atom. The van der Waals surface area contributed by atoms with Crippen molar-refractivity contribution in [2.45, 2.75) is 31.7 Å². The summed E-state index contributed by atoms with van der Waals surface area (Å²) in [5, 5.41) is 19.4. The van der Waals surface area contributed by atoms with E-state index in [0.717, 1.165) is 12.1 Å². The van der Waals surface area contributed by atoms with Crippen LogP contribution in [0.1, 0.15) is 29.2 Å². The highest BCUT2D eigenvalue weighted by atomic mass is 32.1. The third-order valence-electron chi connectivity index (χ3n) is 2.56. The molecule has 1 aromatic rings. The third-order valence-corrected chi connectivity index (χ3v) is 2.82. The van der Waals surface area contributed by atoms with Gasteiger partial charge in [0.25, 0.3) is 0 Å². The van der Waals surface area contributed by atoms with Gasteiger partial charge in [-0.1, -0.05) is 11.6 Å². The maximum absolute atomic E-state index is 12.6. The molecule has 18 heavy (non-hydrogen) atoms. The average Bonchev–Trinajstić information content (AvgIpc) is 2.26. The van der Waals surface area contributed by atoms with E-state index < -0.39 is 23.9 Å². The lowest BCUT2D eigenvalue weighted by Gasteiger charge is -2.19. The van der Waals surface area contributed by atoms with Gasteiger partial charge in [0.15, 0.2) is 0 Å². The SMILES string of the molecule is Cc1cc(C(O)C(O)CCS)cc(C(F)(F)F)c1. The Morgan fingerprint density at radius 2 is 1.83 bits per heavy atom. The molecule has 102 valence electrons. The Hall–Kier alpha value is -0.720. The molecule has 2 nitrogen and oxygen atoms in total. The molecule has 0 aliphatic heterocycles. The van der Waals surface area contributed by atoms with Gasteiger partial charge in [0.05, 0.1) is 11.7 Å². The van der Waals surface area contributed by atoms with Crippen molar-refractivity contribution in [3.05, 3.63) is 34.9 Å². The maximum Gasteiger partial charge on any atom is 0.416 e. The molecule has 0 heterocycles. The first-order valence-electron chi connectivity index (χ1n) is 5.41. The molecule has 1 rings (SSSR count). The standard InChI is InChI=1S/C12H15F3O2S/c1-7-4-8(11(17)10(16)2-3-18)6-9(5-7)12(13,14)15/h4-6,10-11,16-18H,2-3H2,1H3. The fourth-order valence-corrected chi connectivity index (χ4v) is 1.92. The van der Waals surface area contributed by atoms with Crippen LogP contribution >= 0.6 is 12.6 Å². The minimum absolute atomic E-state index is 0.0663. The van der Waals surface area contributed by atoms with Crippen molar-refractivity contribution in [3.8, 4) is 0 Å². The van der Waals surface area contributed by atoms with Gasteiger partial charge < -0.3 is 10.2 Å². The lowest BCUT2D eigenvalue weighted by Crippen LogP contribution is -2.19. The molecule has 0 fully saturated rings. The lowest BCUT2D eigenvalue weighted by atomic mass is 9.98. The molecule has 0 aromatic heterocycles. The van der Waals surface area contributed by atoms with Crippen molar-refractivity contribution in [1.29, 1.82) is 0 Å². The van der Waals surface area contributed by atoms with Crippen LogP contribution in [0.3, 0.4) is 0 Å². The average molecular weight is 280 g/mol. The topological polar surface area (TPSA) is 40.5 Å². The van der Waals surface area contributed by atoms with Crippen molar-refractivity contribution < 1.29 is 23.4 Å². The predicted molar refractivity (Wildman–Crippen MR) is 65.6 cm³/mol. The minimum Gasteiger partial charge on any atom is -0.390 e. The smallest absolute Gasteiger partial charge is 0.390 e. The van der Waals surface area contributed by atoms with Crippen LogP contribution in [0.5, 0.6) is 0 Å². The van der Waals surface area contributed by atoms with E-state index in [1.54, 1.807) is 0 Å². The summed E-state index contributed by atoms with van der Waals surface area (Å²) in [5.41, 5.74) is -0.372. The van der Waals surface area contributed by atoms with E-state index in [0.29, 0.717) is 11.3 Å². The summed E-state index contributed by atoms with van der Waals surface area (Å²) >= 11 is 3.90. The zero-order chi connectivity index (χ0) is 13.9.